The standard InChI is InChI=1S/C13H23N3/c1-3-5-7-9-15-11-12-16(13(15)14)10-8-6-4-2/h5-8,14H,3-4,9-12H2,1-2H3/p+1/b7-5+,8-6+. The highest BCUT2D eigenvalue weighted by atomic mass is 15.3. The fourth-order valence-corrected chi connectivity index (χ4v) is 1.78. The molecular formula is C13H24N3+. The summed E-state index contributed by atoms with van der Waals surface area (Å²) in [5, 5.41) is 0. The molecule has 0 aliphatic carbocycles. The molecule has 2 N–H and O–H groups in total. The summed E-state index contributed by atoms with van der Waals surface area (Å²) in [5.41, 5.74) is 6.09. The second kappa shape index (κ2) is 7.09. The van der Waals surface area contributed by atoms with E-state index in [1.54, 1.807) is 0 Å². The van der Waals surface area contributed by atoms with Gasteiger partial charge in [-0.15, -0.1) is 0 Å². The first-order valence-corrected chi connectivity index (χ1v) is 6.21. The van der Waals surface area contributed by atoms with Gasteiger partial charge in [-0.05, 0) is 12.8 Å². The van der Waals surface area contributed by atoms with Crippen molar-refractivity contribution in [3.8, 4) is 0 Å². The van der Waals surface area contributed by atoms with Crippen molar-refractivity contribution in [3.05, 3.63) is 24.3 Å². The normalized spacial score (nSPS) is 17.2. The molecule has 0 aromatic carbocycles. The Labute approximate surface area is 98.9 Å². The van der Waals surface area contributed by atoms with Crippen LogP contribution in [0.15, 0.2) is 24.3 Å². The molecule has 0 saturated heterocycles. The Morgan fingerprint density at radius 3 is 2.56 bits per heavy atom. The zero-order valence-corrected chi connectivity index (χ0v) is 10.5. The Kier molecular flexibility index (Phi) is 5.68. The van der Waals surface area contributed by atoms with Crippen LogP contribution in [0.5, 0.6) is 0 Å². The van der Waals surface area contributed by atoms with Crippen LogP contribution in [0.4, 0.5) is 0 Å². The predicted molar refractivity (Wildman–Crippen MR) is 69.6 cm³/mol. The van der Waals surface area contributed by atoms with E-state index in [1.807, 2.05) is 0 Å². The van der Waals surface area contributed by atoms with E-state index < -0.39 is 0 Å². The Bertz CT molecular complexity index is 290. The Morgan fingerprint density at radius 2 is 1.88 bits per heavy atom. The van der Waals surface area contributed by atoms with Gasteiger partial charge in [0, 0.05) is 0 Å². The van der Waals surface area contributed by atoms with Gasteiger partial charge >= 0.3 is 5.96 Å². The summed E-state index contributed by atoms with van der Waals surface area (Å²) >= 11 is 0. The SMILES string of the molecule is CC/C=C/CN1CC[N+](C/C=C/CC)=C1N. The third kappa shape index (κ3) is 3.72. The number of hydrogen-bond acceptors (Lipinski definition) is 2. The zero-order chi connectivity index (χ0) is 11.8. The molecule has 3 nitrogen and oxygen atoms in total. The van der Waals surface area contributed by atoms with Crippen LogP contribution in [0.1, 0.15) is 26.7 Å². The van der Waals surface area contributed by atoms with Gasteiger partial charge in [0.1, 0.15) is 0 Å². The van der Waals surface area contributed by atoms with Crippen LogP contribution in [-0.4, -0.2) is 41.6 Å². The Hall–Kier alpha value is -1.25. The summed E-state index contributed by atoms with van der Waals surface area (Å²) in [6.07, 6.45) is 10.9. The fraction of sp³-hybridized carbons (Fsp3) is 0.615. The number of hydrogen-bond donors (Lipinski definition) is 1. The second-order valence-electron chi connectivity index (χ2n) is 4.01. The molecule has 1 aliphatic rings. The largest absolute Gasteiger partial charge is 0.346 e. The van der Waals surface area contributed by atoms with Gasteiger partial charge in [-0.1, -0.05) is 38.2 Å². The molecule has 1 heterocycles. The van der Waals surface area contributed by atoms with Crippen LogP contribution in [-0.2, 0) is 0 Å². The molecule has 0 aromatic rings. The van der Waals surface area contributed by atoms with Gasteiger partial charge in [-0.3, -0.25) is 15.2 Å². The van der Waals surface area contributed by atoms with Crippen molar-refractivity contribution in [2.75, 3.05) is 26.2 Å². The van der Waals surface area contributed by atoms with Crippen molar-refractivity contribution >= 4 is 5.96 Å². The van der Waals surface area contributed by atoms with Gasteiger partial charge in [0.25, 0.3) is 0 Å². The number of nitrogens with zero attached hydrogens (tertiary/aromatic N) is 2. The quantitative estimate of drug-likeness (QED) is 0.546. The molecule has 0 fully saturated rings. The molecule has 1 rings (SSSR count). The minimum Gasteiger partial charge on any atom is -0.291 e. The van der Waals surface area contributed by atoms with Crippen molar-refractivity contribution in [2.24, 2.45) is 5.73 Å². The van der Waals surface area contributed by atoms with Gasteiger partial charge in [-0.25, -0.2) is 0 Å². The maximum atomic E-state index is 6.09. The van der Waals surface area contributed by atoms with Crippen molar-refractivity contribution in [1.82, 2.24) is 4.90 Å². The van der Waals surface area contributed by atoms with E-state index in [9.17, 15) is 0 Å². The van der Waals surface area contributed by atoms with E-state index >= 15 is 0 Å². The molecule has 0 spiro atoms. The van der Waals surface area contributed by atoms with Crippen LogP contribution in [0, 0.1) is 0 Å². The van der Waals surface area contributed by atoms with Gasteiger partial charge in [0.15, 0.2) is 0 Å². The average Bonchev–Trinajstić information content (AvgIpc) is 2.62. The van der Waals surface area contributed by atoms with Crippen molar-refractivity contribution < 1.29 is 4.58 Å². The Morgan fingerprint density at radius 1 is 1.19 bits per heavy atom. The first-order chi connectivity index (χ1) is 7.79. The van der Waals surface area contributed by atoms with Crippen LogP contribution in [0.3, 0.4) is 0 Å². The average molecular weight is 222 g/mol. The lowest BCUT2D eigenvalue weighted by atomic mass is 10.4. The molecule has 1 aliphatic heterocycles. The van der Waals surface area contributed by atoms with E-state index in [0.717, 1.165) is 45.0 Å². The topological polar surface area (TPSA) is 32.3 Å². The molecule has 3 heteroatoms. The summed E-state index contributed by atoms with van der Waals surface area (Å²) in [7, 11) is 0. The maximum absolute atomic E-state index is 6.09. The molecule has 0 unspecified atom stereocenters. The molecular weight excluding hydrogens is 198 g/mol. The monoisotopic (exact) mass is 222 g/mol. The van der Waals surface area contributed by atoms with E-state index in [0.29, 0.717) is 0 Å². The van der Waals surface area contributed by atoms with Crippen LogP contribution >= 0.6 is 0 Å². The highest BCUT2D eigenvalue weighted by molar-refractivity contribution is 5.74. The third-order valence-corrected chi connectivity index (χ3v) is 2.74. The smallest absolute Gasteiger partial charge is 0.291 e. The lowest BCUT2D eigenvalue weighted by Crippen LogP contribution is -2.36. The molecule has 0 aromatic heterocycles. The predicted octanol–water partition coefficient (Wildman–Crippen LogP) is 1.56. The van der Waals surface area contributed by atoms with Gasteiger partial charge in [-0.2, -0.15) is 0 Å². The minimum absolute atomic E-state index is 0.918. The molecule has 0 saturated carbocycles. The summed E-state index contributed by atoms with van der Waals surface area (Å²) in [6.45, 7) is 8.26. The molecule has 16 heavy (non-hydrogen) atoms. The lowest BCUT2D eigenvalue weighted by Gasteiger charge is -2.07. The lowest BCUT2D eigenvalue weighted by molar-refractivity contribution is -0.508. The number of guanidine groups is 1. The number of nitrogens with two attached hydrogens (primary N) is 1. The van der Waals surface area contributed by atoms with E-state index in [1.165, 1.54) is 0 Å². The summed E-state index contributed by atoms with van der Waals surface area (Å²) < 4.78 is 2.23. The first kappa shape index (κ1) is 12.8. The second-order valence-corrected chi connectivity index (χ2v) is 4.01. The van der Waals surface area contributed by atoms with Crippen LogP contribution in [0.25, 0.3) is 0 Å². The summed E-state index contributed by atoms with van der Waals surface area (Å²) in [4.78, 5) is 2.23. The fourth-order valence-electron chi connectivity index (χ4n) is 1.78. The van der Waals surface area contributed by atoms with Crippen LogP contribution in [0.2, 0.25) is 0 Å². The molecule has 0 atom stereocenters. The summed E-state index contributed by atoms with van der Waals surface area (Å²) in [5.74, 6) is 0.918. The third-order valence-electron chi connectivity index (χ3n) is 2.74. The highest BCUT2D eigenvalue weighted by Crippen LogP contribution is 1.99. The minimum atomic E-state index is 0.918. The molecule has 0 bridgehead atoms. The van der Waals surface area contributed by atoms with E-state index in [-0.39, 0.29) is 0 Å². The maximum Gasteiger partial charge on any atom is 0.346 e. The van der Waals surface area contributed by atoms with Crippen molar-refractivity contribution in [3.63, 3.8) is 0 Å². The number of rotatable bonds is 6. The van der Waals surface area contributed by atoms with Crippen molar-refractivity contribution in [1.29, 1.82) is 0 Å². The van der Waals surface area contributed by atoms with E-state index in [4.69, 9.17) is 5.73 Å². The zero-order valence-electron chi connectivity index (χ0n) is 10.5. The first-order valence-electron chi connectivity index (χ1n) is 6.21. The number of allylic oxidation sites excluding steroid dienone is 2. The van der Waals surface area contributed by atoms with Crippen molar-refractivity contribution in [2.45, 2.75) is 26.7 Å². The van der Waals surface area contributed by atoms with Gasteiger partial charge in [0.05, 0.1) is 26.2 Å². The molecule has 90 valence electrons. The van der Waals surface area contributed by atoms with E-state index in [2.05, 4.69) is 47.6 Å². The Balaban J connectivity index is 2.46. The molecule has 0 amide bonds. The summed E-state index contributed by atoms with van der Waals surface area (Å²) in [6, 6.07) is 0. The highest BCUT2D eigenvalue weighted by Gasteiger charge is 2.24. The molecule has 0 radical (unpaired) electrons. The van der Waals surface area contributed by atoms with Gasteiger partial charge < -0.3 is 0 Å². The van der Waals surface area contributed by atoms with Crippen LogP contribution < -0.4 is 5.73 Å². The van der Waals surface area contributed by atoms with Gasteiger partial charge in [0.2, 0.25) is 0 Å².